The lowest BCUT2D eigenvalue weighted by Crippen LogP contribution is -2.34. The molecule has 0 aliphatic rings. The van der Waals surface area contributed by atoms with Gasteiger partial charge in [-0.3, -0.25) is 4.79 Å². The molecule has 0 saturated carbocycles. The van der Waals surface area contributed by atoms with E-state index in [2.05, 4.69) is 15.0 Å². The van der Waals surface area contributed by atoms with Crippen LogP contribution in [0.5, 0.6) is 0 Å². The minimum absolute atomic E-state index is 0.00399. The van der Waals surface area contributed by atoms with E-state index in [-0.39, 0.29) is 22.0 Å². The molecule has 0 bridgehead atoms. The van der Waals surface area contributed by atoms with Crippen LogP contribution in [0, 0.1) is 11.6 Å². The van der Waals surface area contributed by atoms with Crippen molar-refractivity contribution in [1.82, 2.24) is 19.6 Å². The van der Waals surface area contributed by atoms with Crippen molar-refractivity contribution in [2.75, 3.05) is 4.83 Å². The third-order valence-electron chi connectivity index (χ3n) is 4.74. The van der Waals surface area contributed by atoms with Gasteiger partial charge in [-0.25, -0.2) is 33.2 Å². The lowest BCUT2D eigenvalue weighted by molar-refractivity contribution is 0.519. The summed E-state index contributed by atoms with van der Waals surface area (Å²) in [6, 6.07) is 7.12. The molecular weight excluding hydrogens is 520 g/mol. The highest BCUT2D eigenvalue weighted by molar-refractivity contribution is 7.92. The van der Waals surface area contributed by atoms with Crippen molar-refractivity contribution in [1.29, 1.82) is 0 Å². The van der Waals surface area contributed by atoms with E-state index in [4.69, 9.17) is 11.6 Å². The summed E-state index contributed by atoms with van der Waals surface area (Å²) < 4.78 is 54.3. The minimum atomic E-state index is -4.77. The quantitative estimate of drug-likeness (QED) is 0.373. The summed E-state index contributed by atoms with van der Waals surface area (Å²) in [5, 5.41) is 0.699. The molecule has 4 aromatic rings. The largest absolute Gasteiger partial charge is 0.281 e. The summed E-state index contributed by atoms with van der Waals surface area (Å²) in [6.45, 7) is 5.85. The molecule has 8 nitrogen and oxygen atoms in total. The molecule has 13 heteroatoms. The zero-order valence-corrected chi connectivity index (χ0v) is 21.0. The Morgan fingerprint density at radius 1 is 1.06 bits per heavy atom. The number of benzene rings is 1. The van der Waals surface area contributed by atoms with Crippen LogP contribution in [0.4, 0.5) is 8.78 Å². The monoisotopic (exact) mass is 537 g/mol. The van der Waals surface area contributed by atoms with Crippen molar-refractivity contribution in [2.45, 2.75) is 31.1 Å². The number of nitrogens with zero attached hydrogens (tertiary/aromatic N) is 4. The molecule has 182 valence electrons. The number of halogens is 3. The number of pyridine rings is 1. The van der Waals surface area contributed by atoms with Crippen LogP contribution in [0.25, 0.3) is 21.8 Å². The van der Waals surface area contributed by atoms with Crippen LogP contribution in [-0.4, -0.2) is 28.0 Å². The number of hydrogen-bond donors (Lipinski definition) is 1. The summed E-state index contributed by atoms with van der Waals surface area (Å²) in [5.74, 6) is -2.59. The lowest BCUT2D eigenvalue weighted by Gasteiger charge is -2.13. The van der Waals surface area contributed by atoms with E-state index in [0.717, 1.165) is 24.4 Å². The predicted molar refractivity (Wildman–Crippen MR) is 129 cm³/mol. The molecule has 1 N–H and O–H groups in total. The highest BCUT2D eigenvalue weighted by Gasteiger charge is 2.27. The van der Waals surface area contributed by atoms with Crippen LogP contribution < -0.4 is 10.4 Å². The first-order chi connectivity index (χ1) is 16.4. The van der Waals surface area contributed by atoms with E-state index in [0.29, 0.717) is 20.3 Å². The van der Waals surface area contributed by atoms with Gasteiger partial charge >= 0.3 is 0 Å². The normalized spacial score (nSPS) is 12.1. The lowest BCUT2D eigenvalue weighted by atomic mass is 9.98. The second-order valence-corrected chi connectivity index (χ2v) is 11.3. The number of sulfonamides is 1. The number of hydrogen-bond acceptors (Lipinski definition) is 7. The number of thiazole rings is 1. The standard InChI is InChI=1S/C22H18ClF2N5O3S2/c1-22(2,3)20-28-16(17(34-20)15-9-10-26-21(23)27-15)12-6-5-11-30(19(12)31)29-35(32,33)18-13(24)7-4-8-14(18)25/h4-11,29H,1-3H3. The first-order valence-electron chi connectivity index (χ1n) is 10.1. The topological polar surface area (TPSA) is 107 Å². The molecule has 0 unspecified atom stereocenters. The Balaban J connectivity index is 1.86. The Morgan fingerprint density at radius 2 is 1.74 bits per heavy atom. The van der Waals surface area contributed by atoms with Crippen LogP contribution in [-0.2, 0) is 15.4 Å². The van der Waals surface area contributed by atoms with E-state index in [1.165, 1.54) is 29.7 Å². The highest BCUT2D eigenvalue weighted by atomic mass is 35.5. The van der Waals surface area contributed by atoms with Gasteiger partial charge in [0.15, 0.2) is 4.90 Å². The van der Waals surface area contributed by atoms with Crippen molar-refractivity contribution < 1.29 is 17.2 Å². The predicted octanol–water partition coefficient (Wildman–Crippen LogP) is 4.59. The van der Waals surface area contributed by atoms with Crippen molar-refractivity contribution in [2.24, 2.45) is 0 Å². The second-order valence-electron chi connectivity index (χ2n) is 8.40. The smallest absolute Gasteiger partial charge is 0.267 e. The maximum absolute atomic E-state index is 14.1. The summed E-state index contributed by atoms with van der Waals surface area (Å²) in [7, 11) is -4.77. The number of rotatable bonds is 5. The SMILES string of the molecule is CC(C)(C)c1nc(-c2cccn(NS(=O)(=O)c3c(F)cccc3F)c2=O)c(-c2ccnc(Cl)n2)s1. The minimum Gasteiger partial charge on any atom is -0.267 e. The number of aromatic nitrogens is 4. The van der Waals surface area contributed by atoms with Crippen LogP contribution in [0.15, 0.2) is 58.5 Å². The molecule has 0 saturated heterocycles. The van der Waals surface area contributed by atoms with Gasteiger partial charge in [0.05, 0.1) is 26.8 Å². The summed E-state index contributed by atoms with van der Waals surface area (Å²) in [4.78, 5) is 27.3. The summed E-state index contributed by atoms with van der Waals surface area (Å²) >= 11 is 7.27. The van der Waals surface area contributed by atoms with Crippen molar-refractivity contribution in [3.63, 3.8) is 0 Å². The first kappa shape index (κ1) is 24.9. The first-order valence-corrected chi connectivity index (χ1v) is 12.8. The van der Waals surface area contributed by atoms with Crippen molar-refractivity contribution in [3.8, 4) is 21.8 Å². The maximum Gasteiger partial charge on any atom is 0.281 e. The molecule has 35 heavy (non-hydrogen) atoms. The Labute approximate surface area is 208 Å². The van der Waals surface area contributed by atoms with E-state index < -0.39 is 32.1 Å². The fourth-order valence-electron chi connectivity index (χ4n) is 3.12. The molecule has 0 aliphatic carbocycles. The Morgan fingerprint density at radius 3 is 2.37 bits per heavy atom. The molecule has 0 spiro atoms. The Kier molecular flexibility index (Phi) is 6.47. The summed E-state index contributed by atoms with van der Waals surface area (Å²) in [5.41, 5.74) is -0.450. The van der Waals surface area contributed by atoms with Crippen LogP contribution in [0.2, 0.25) is 5.28 Å². The van der Waals surface area contributed by atoms with E-state index in [1.807, 2.05) is 25.6 Å². The zero-order chi connectivity index (χ0) is 25.5. The third kappa shape index (κ3) is 4.95. The van der Waals surface area contributed by atoms with Gasteiger partial charge in [-0.05, 0) is 41.9 Å². The number of nitrogens with one attached hydrogen (secondary N) is 1. The van der Waals surface area contributed by atoms with Gasteiger partial charge in [-0.2, -0.15) is 8.42 Å². The molecule has 0 aliphatic heterocycles. The van der Waals surface area contributed by atoms with Gasteiger partial charge < -0.3 is 0 Å². The molecule has 0 amide bonds. The average Bonchev–Trinajstić information content (AvgIpc) is 3.21. The van der Waals surface area contributed by atoms with Gasteiger partial charge in [0.2, 0.25) is 5.28 Å². The summed E-state index contributed by atoms with van der Waals surface area (Å²) in [6.07, 6.45) is 2.59. The van der Waals surface area contributed by atoms with E-state index >= 15 is 0 Å². The Bertz CT molecular complexity index is 1580. The highest BCUT2D eigenvalue weighted by Crippen LogP contribution is 2.39. The Hall–Kier alpha value is -3.22. The molecule has 0 fully saturated rings. The third-order valence-corrected chi connectivity index (χ3v) is 7.79. The van der Waals surface area contributed by atoms with Gasteiger partial charge in [0, 0.05) is 17.8 Å². The zero-order valence-electron chi connectivity index (χ0n) is 18.6. The molecule has 0 atom stereocenters. The van der Waals surface area contributed by atoms with Gasteiger partial charge in [0.1, 0.15) is 11.6 Å². The van der Waals surface area contributed by atoms with E-state index in [1.54, 1.807) is 6.07 Å². The molecule has 4 rings (SSSR count). The molecule has 3 heterocycles. The van der Waals surface area contributed by atoms with Crippen LogP contribution >= 0.6 is 22.9 Å². The second kappa shape index (κ2) is 9.10. The van der Waals surface area contributed by atoms with Crippen LogP contribution in [0.3, 0.4) is 0 Å². The fraction of sp³-hybridized carbons (Fsp3) is 0.182. The molecule has 0 radical (unpaired) electrons. The maximum atomic E-state index is 14.1. The van der Waals surface area contributed by atoms with Crippen molar-refractivity contribution in [3.05, 3.63) is 81.1 Å². The fourth-order valence-corrected chi connectivity index (χ4v) is 5.52. The van der Waals surface area contributed by atoms with Crippen LogP contribution in [0.1, 0.15) is 25.8 Å². The molecule has 1 aromatic carbocycles. The van der Waals surface area contributed by atoms with Gasteiger partial charge in [0.25, 0.3) is 15.6 Å². The molecular formula is C22H18ClF2N5O3S2. The van der Waals surface area contributed by atoms with Crippen molar-refractivity contribution >= 4 is 33.0 Å². The van der Waals surface area contributed by atoms with Gasteiger partial charge in [-0.15, -0.1) is 11.3 Å². The van der Waals surface area contributed by atoms with E-state index in [9.17, 15) is 22.0 Å². The van der Waals surface area contributed by atoms with Gasteiger partial charge in [-0.1, -0.05) is 26.8 Å². The average molecular weight is 538 g/mol. The molecule has 3 aromatic heterocycles.